The lowest BCUT2D eigenvalue weighted by atomic mass is 10.2. The number of nitrogens with one attached hydrogen (secondary N) is 1. The van der Waals surface area contributed by atoms with E-state index in [-0.39, 0.29) is 6.03 Å². The summed E-state index contributed by atoms with van der Waals surface area (Å²) in [6, 6.07) is 9.33. The number of carbonyl (C=O) groups is 1. The molecule has 0 aliphatic carbocycles. The normalized spacial score (nSPS) is 13.6. The van der Waals surface area contributed by atoms with E-state index < -0.39 is 0 Å². The molecule has 122 valence electrons. The number of amides is 2. The molecule has 3 heterocycles. The van der Waals surface area contributed by atoms with Gasteiger partial charge in [0, 0.05) is 12.2 Å². The van der Waals surface area contributed by atoms with Gasteiger partial charge < -0.3 is 10.2 Å². The Kier molecular flexibility index (Phi) is 3.95. The van der Waals surface area contributed by atoms with Gasteiger partial charge in [0.15, 0.2) is 0 Å². The first-order valence-electron chi connectivity index (χ1n) is 7.48. The van der Waals surface area contributed by atoms with Crippen molar-refractivity contribution in [2.75, 3.05) is 11.9 Å². The molecule has 0 unspecified atom stereocenters. The summed E-state index contributed by atoms with van der Waals surface area (Å²) < 4.78 is 2.57. The minimum atomic E-state index is -0.114. The Morgan fingerprint density at radius 2 is 2.04 bits per heavy atom. The summed E-state index contributed by atoms with van der Waals surface area (Å²) in [5.41, 5.74) is 2.70. The minimum absolute atomic E-state index is 0.114. The number of halogens is 1. The van der Waals surface area contributed by atoms with Crippen molar-refractivity contribution in [2.24, 2.45) is 0 Å². The first-order valence-corrected chi connectivity index (χ1v) is 8.67. The fourth-order valence-corrected chi connectivity index (χ4v) is 3.64. The summed E-state index contributed by atoms with van der Waals surface area (Å²) in [7, 11) is 0. The Labute approximate surface area is 147 Å². The van der Waals surface area contributed by atoms with Crippen molar-refractivity contribution < 1.29 is 4.79 Å². The number of benzene rings is 1. The van der Waals surface area contributed by atoms with Gasteiger partial charge in [-0.15, -0.1) is 11.3 Å². The quantitative estimate of drug-likeness (QED) is 0.758. The molecular weight excluding hydrogens is 346 g/mol. The van der Waals surface area contributed by atoms with E-state index in [1.165, 1.54) is 11.3 Å². The van der Waals surface area contributed by atoms with E-state index in [1.807, 2.05) is 35.0 Å². The molecular formula is C16H14ClN5OS. The van der Waals surface area contributed by atoms with E-state index in [1.54, 1.807) is 17.3 Å². The van der Waals surface area contributed by atoms with Crippen LogP contribution in [0.25, 0.3) is 10.6 Å². The van der Waals surface area contributed by atoms with Crippen molar-refractivity contribution >= 4 is 34.7 Å². The number of carbonyl (C=O) groups excluding carboxylic acids is 1. The molecule has 1 aliphatic rings. The highest BCUT2D eigenvalue weighted by atomic mass is 35.5. The Morgan fingerprint density at radius 1 is 1.21 bits per heavy atom. The van der Waals surface area contributed by atoms with E-state index in [4.69, 9.17) is 11.6 Å². The number of aromatic nitrogens is 3. The Morgan fingerprint density at radius 3 is 2.79 bits per heavy atom. The molecule has 6 nitrogen and oxygen atoms in total. The Balaban J connectivity index is 1.55. The molecule has 3 aromatic rings. The highest BCUT2D eigenvalue weighted by Crippen LogP contribution is 2.32. The van der Waals surface area contributed by atoms with Gasteiger partial charge in [0.1, 0.15) is 9.34 Å². The second-order valence-corrected chi connectivity index (χ2v) is 7.08. The van der Waals surface area contributed by atoms with E-state index in [0.29, 0.717) is 24.0 Å². The molecule has 24 heavy (non-hydrogen) atoms. The second kappa shape index (κ2) is 6.26. The minimum Gasteiger partial charge on any atom is -0.317 e. The van der Waals surface area contributed by atoms with Gasteiger partial charge in [0.2, 0.25) is 0 Å². The number of rotatable bonds is 2. The smallest absolute Gasteiger partial charge is 0.317 e. The van der Waals surface area contributed by atoms with E-state index >= 15 is 0 Å². The molecule has 0 atom stereocenters. The van der Waals surface area contributed by atoms with Crippen molar-refractivity contribution in [1.29, 1.82) is 0 Å². The van der Waals surface area contributed by atoms with E-state index in [2.05, 4.69) is 15.4 Å². The van der Waals surface area contributed by atoms with Crippen molar-refractivity contribution in [2.45, 2.75) is 13.1 Å². The van der Waals surface area contributed by atoms with Crippen LogP contribution in [-0.4, -0.2) is 32.2 Å². The number of hydrogen-bond acceptors (Lipinski definition) is 4. The fourth-order valence-electron chi connectivity index (χ4n) is 2.70. The molecule has 0 spiro atoms. The van der Waals surface area contributed by atoms with Crippen LogP contribution in [0.2, 0.25) is 4.34 Å². The standard InChI is InChI=1S/C16H14ClN5OS/c17-14-9-18-15(24-14)12-8-19-22-7-6-21(10-13(12)22)16(23)20-11-4-2-1-3-5-11/h1-5,8-9H,6-7,10H2,(H,20,23). The van der Waals surface area contributed by atoms with Gasteiger partial charge in [-0.2, -0.15) is 5.10 Å². The number of hydrogen-bond donors (Lipinski definition) is 1. The van der Waals surface area contributed by atoms with Crippen molar-refractivity contribution in [3.05, 3.63) is 52.8 Å². The van der Waals surface area contributed by atoms with Crippen LogP contribution in [0.5, 0.6) is 0 Å². The predicted octanol–water partition coefficient (Wildman–Crippen LogP) is 3.71. The van der Waals surface area contributed by atoms with Crippen LogP contribution >= 0.6 is 22.9 Å². The molecule has 1 N–H and O–H groups in total. The molecule has 1 aliphatic heterocycles. The molecule has 0 radical (unpaired) electrons. The van der Waals surface area contributed by atoms with Crippen LogP contribution in [0, 0.1) is 0 Å². The molecule has 2 amide bonds. The van der Waals surface area contributed by atoms with Gasteiger partial charge in [0.05, 0.1) is 36.7 Å². The van der Waals surface area contributed by atoms with Crippen LogP contribution in [0.15, 0.2) is 42.7 Å². The number of para-hydroxylation sites is 1. The number of anilines is 1. The van der Waals surface area contributed by atoms with E-state index in [0.717, 1.165) is 22.0 Å². The first kappa shape index (κ1) is 15.2. The zero-order chi connectivity index (χ0) is 16.5. The summed E-state index contributed by atoms with van der Waals surface area (Å²) >= 11 is 7.40. The number of urea groups is 1. The highest BCUT2D eigenvalue weighted by Gasteiger charge is 2.25. The topological polar surface area (TPSA) is 63.1 Å². The second-order valence-electron chi connectivity index (χ2n) is 5.42. The lowest BCUT2D eigenvalue weighted by Gasteiger charge is -2.28. The Bertz CT molecular complexity index is 876. The summed E-state index contributed by atoms with van der Waals surface area (Å²) in [4.78, 5) is 18.6. The number of fused-ring (bicyclic) bond motifs is 1. The van der Waals surface area contributed by atoms with Crippen LogP contribution in [0.4, 0.5) is 10.5 Å². The van der Waals surface area contributed by atoms with E-state index in [9.17, 15) is 4.79 Å². The average Bonchev–Trinajstić information content (AvgIpc) is 3.21. The maximum absolute atomic E-state index is 12.5. The summed E-state index contributed by atoms with van der Waals surface area (Å²) in [6.45, 7) is 1.77. The van der Waals surface area contributed by atoms with Crippen LogP contribution in [-0.2, 0) is 13.1 Å². The molecule has 0 saturated heterocycles. The summed E-state index contributed by atoms with van der Waals surface area (Å²) in [5, 5.41) is 8.15. The maximum atomic E-state index is 12.5. The van der Waals surface area contributed by atoms with Gasteiger partial charge in [-0.05, 0) is 12.1 Å². The molecule has 4 rings (SSSR count). The van der Waals surface area contributed by atoms with Crippen LogP contribution in [0.3, 0.4) is 0 Å². The zero-order valence-electron chi connectivity index (χ0n) is 12.6. The molecule has 0 bridgehead atoms. The van der Waals surface area contributed by atoms with Gasteiger partial charge >= 0.3 is 6.03 Å². The third-order valence-corrected chi connectivity index (χ3v) is 5.04. The molecule has 2 aromatic heterocycles. The Hall–Kier alpha value is -2.38. The third kappa shape index (κ3) is 2.88. The van der Waals surface area contributed by atoms with Gasteiger partial charge in [-0.25, -0.2) is 9.78 Å². The van der Waals surface area contributed by atoms with Crippen molar-refractivity contribution in [1.82, 2.24) is 19.7 Å². The first-order chi connectivity index (χ1) is 11.7. The highest BCUT2D eigenvalue weighted by molar-refractivity contribution is 7.18. The molecule has 8 heteroatoms. The third-order valence-electron chi connectivity index (χ3n) is 3.89. The molecule has 0 saturated carbocycles. The number of thiazole rings is 1. The zero-order valence-corrected chi connectivity index (χ0v) is 14.2. The average molecular weight is 360 g/mol. The molecule has 1 aromatic carbocycles. The monoisotopic (exact) mass is 359 g/mol. The van der Waals surface area contributed by atoms with Gasteiger partial charge in [-0.1, -0.05) is 29.8 Å². The predicted molar refractivity (Wildman–Crippen MR) is 94.2 cm³/mol. The fraction of sp³-hybridized carbons (Fsp3) is 0.188. The lowest BCUT2D eigenvalue weighted by molar-refractivity contribution is 0.194. The largest absolute Gasteiger partial charge is 0.322 e. The SMILES string of the molecule is O=C(Nc1ccccc1)N1CCn2ncc(-c3ncc(Cl)s3)c2C1. The van der Waals surface area contributed by atoms with Crippen LogP contribution in [0.1, 0.15) is 5.69 Å². The molecule has 0 fully saturated rings. The lowest BCUT2D eigenvalue weighted by Crippen LogP contribution is -2.41. The summed E-state index contributed by atoms with van der Waals surface area (Å²) in [6.07, 6.45) is 3.43. The van der Waals surface area contributed by atoms with Crippen LogP contribution < -0.4 is 5.32 Å². The van der Waals surface area contributed by atoms with Gasteiger partial charge in [-0.3, -0.25) is 4.68 Å². The van der Waals surface area contributed by atoms with Crippen molar-refractivity contribution in [3.63, 3.8) is 0 Å². The summed E-state index contributed by atoms with van der Waals surface area (Å²) in [5.74, 6) is 0. The maximum Gasteiger partial charge on any atom is 0.322 e. The van der Waals surface area contributed by atoms with Crippen molar-refractivity contribution in [3.8, 4) is 10.6 Å². The number of nitrogens with zero attached hydrogens (tertiary/aromatic N) is 4. The van der Waals surface area contributed by atoms with Gasteiger partial charge in [0.25, 0.3) is 0 Å².